The van der Waals surface area contributed by atoms with Crippen LogP contribution in [0.1, 0.15) is 51.1 Å². The Morgan fingerprint density at radius 1 is 0.882 bits per heavy atom. The highest BCUT2D eigenvalue weighted by Gasteiger charge is 2.26. The Morgan fingerprint density at radius 2 is 1.65 bits per heavy atom. The number of benzene rings is 2. The molecule has 1 saturated heterocycles. The molecule has 0 atom stereocenters. The number of rotatable bonds is 3. The van der Waals surface area contributed by atoms with E-state index in [1.165, 1.54) is 11.1 Å². The zero-order chi connectivity index (χ0) is 23.5. The van der Waals surface area contributed by atoms with Gasteiger partial charge in [-0.05, 0) is 72.2 Å². The monoisotopic (exact) mass is 449 g/mol. The first kappa shape index (κ1) is 21.8. The summed E-state index contributed by atoms with van der Waals surface area (Å²) < 4.78 is 0. The summed E-state index contributed by atoms with van der Waals surface area (Å²) in [5.41, 5.74) is 14.1. The van der Waals surface area contributed by atoms with Gasteiger partial charge in [-0.1, -0.05) is 48.0 Å². The average Bonchev–Trinajstić information content (AvgIpc) is 3.04. The normalized spacial score (nSPS) is 15.6. The first-order chi connectivity index (χ1) is 16.6. The topological polar surface area (TPSA) is 76.3 Å². The van der Waals surface area contributed by atoms with E-state index in [0.717, 1.165) is 53.6 Å². The number of hydrogen-bond acceptors (Lipinski definition) is 3. The number of hydrogen-bond donors (Lipinski definition) is 1. The summed E-state index contributed by atoms with van der Waals surface area (Å²) in [6.45, 7) is 1.35. The van der Waals surface area contributed by atoms with Gasteiger partial charge in [-0.3, -0.25) is 14.6 Å². The molecule has 0 radical (unpaired) electrons. The van der Waals surface area contributed by atoms with Crippen LogP contribution in [0.3, 0.4) is 0 Å². The number of piperidine rings is 1. The van der Waals surface area contributed by atoms with Crippen molar-refractivity contribution in [1.29, 1.82) is 0 Å². The van der Waals surface area contributed by atoms with Crippen molar-refractivity contribution in [3.63, 3.8) is 0 Å². The molecule has 0 unspecified atom stereocenters. The molecule has 0 bridgehead atoms. The van der Waals surface area contributed by atoms with Crippen LogP contribution in [0.2, 0.25) is 0 Å². The number of carbonyl (C=O) groups is 2. The maximum atomic E-state index is 12.8. The van der Waals surface area contributed by atoms with Gasteiger partial charge < -0.3 is 10.6 Å². The van der Waals surface area contributed by atoms with E-state index in [-0.39, 0.29) is 5.91 Å². The molecule has 2 aliphatic rings. The number of aromatic nitrogens is 1. The van der Waals surface area contributed by atoms with Gasteiger partial charge in [0, 0.05) is 36.5 Å². The lowest BCUT2D eigenvalue weighted by Crippen LogP contribution is -2.35. The number of carbonyl (C=O) groups excluding carboxylic acids is 2. The molecule has 2 aromatic carbocycles. The number of likely N-dealkylation sites (tertiary alicyclic amines) is 1. The van der Waals surface area contributed by atoms with Crippen LogP contribution < -0.4 is 5.73 Å². The summed E-state index contributed by atoms with van der Waals surface area (Å²) in [7, 11) is 0. The molecule has 1 fully saturated rings. The van der Waals surface area contributed by atoms with Crippen LogP contribution in [0.5, 0.6) is 0 Å². The molecule has 3 aromatic rings. The largest absolute Gasteiger partial charge is 0.366 e. The van der Waals surface area contributed by atoms with Crippen LogP contribution in [0.15, 0.2) is 78.5 Å². The van der Waals surface area contributed by atoms with E-state index in [1.54, 1.807) is 6.08 Å². The van der Waals surface area contributed by atoms with Crippen LogP contribution in [0, 0.1) is 0 Å². The number of aryl methyl sites for hydroxylation is 2. The van der Waals surface area contributed by atoms with Crippen molar-refractivity contribution in [2.45, 2.75) is 25.7 Å². The second kappa shape index (κ2) is 9.48. The van der Waals surface area contributed by atoms with Crippen molar-refractivity contribution in [3.8, 4) is 0 Å². The molecule has 34 heavy (non-hydrogen) atoms. The van der Waals surface area contributed by atoms with E-state index in [4.69, 9.17) is 10.7 Å². The highest BCUT2D eigenvalue weighted by molar-refractivity contribution is 5.95. The third-order valence-electron chi connectivity index (χ3n) is 6.70. The number of nitrogens with two attached hydrogens (primary N) is 1. The smallest absolute Gasteiger partial charge is 0.248 e. The predicted molar refractivity (Wildman–Crippen MR) is 134 cm³/mol. The van der Waals surface area contributed by atoms with Gasteiger partial charge in [0.2, 0.25) is 11.8 Å². The third-order valence-corrected chi connectivity index (χ3v) is 6.70. The second-order valence-corrected chi connectivity index (χ2v) is 8.80. The first-order valence-electron chi connectivity index (χ1n) is 11.7. The molecular weight excluding hydrogens is 422 g/mol. The van der Waals surface area contributed by atoms with Crippen molar-refractivity contribution in [3.05, 3.63) is 112 Å². The minimum Gasteiger partial charge on any atom is -0.366 e. The number of amides is 2. The Balaban J connectivity index is 1.44. The zero-order valence-electron chi connectivity index (χ0n) is 19.0. The van der Waals surface area contributed by atoms with Gasteiger partial charge in [0.25, 0.3) is 0 Å². The van der Waals surface area contributed by atoms with Gasteiger partial charge in [0.05, 0.1) is 5.69 Å². The van der Waals surface area contributed by atoms with Crippen molar-refractivity contribution >= 4 is 23.5 Å². The second-order valence-electron chi connectivity index (χ2n) is 8.80. The Labute approximate surface area is 199 Å². The minimum atomic E-state index is -0.410. The Morgan fingerprint density at radius 3 is 2.41 bits per heavy atom. The summed E-state index contributed by atoms with van der Waals surface area (Å²) in [4.78, 5) is 31.2. The van der Waals surface area contributed by atoms with Crippen molar-refractivity contribution < 1.29 is 9.59 Å². The summed E-state index contributed by atoms with van der Waals surface area (Å²) in [5, 5.41) is 0. The fourth-order valence-electron chi connectivity index (χ4n) is 4.90. The SMILES string of the molecule is NC(=O)c1ccc2c(c1)CCc1cccnc1C2=C1CCN(C(=O)/C=C/c2ccccc2)CC1. The molecule has 1 aliphatic carbocycles. The minimum absolute atomic E-state index is 0.0406. The molecule has 2 amide bonds. The first-order valence-corrected chi connectivity index (χ1v) is 11.7. The molecule has 5 rings (SSSR count). The highest BCUT2D eigenvalue weighted by atomic mass is 16.2. The Bertz CT molecular complexity index is 1300. The molecule has 2 heterocycles. The van der Waals surface area contributed by atoms with E-state index in [0.29, 0.717) is 18.7 Å². The van der Waals surface area contributed by atoms with Crippen LogP contribution in [-0.2, 0) is 17.6 Å². The molecule has 170 valence electrons. The summed E-state index contributed by atoms with van der Waals surface area (Å²) in [5.74, 6) is -0.369. The standard InChI is InChI=1S/C29H27N3O2/c30-29(34)24-11-12-25-23(19-24)10-9-22-7-4-16-31-28(22)27(25)21-14-17-32(18-15-21)26(33)13-8-20-5-2-1-3-6-20/h1-8,11-13,16,19H,9-10,14-15,17-18H2,(H2,30,34)/b13-8+. The van der Waals surface area contributed by atoms with E-state index >= 15 is 0 Å². The van der Waals surface area contributed by atoms with Gasteiger partial charge in [-0.15, -0.1) is 0 Å². The van der Waals surface area contributed by atoms with E-state index in [1.807, 2.05) is 71.8 Å². The molecule has 1 aromatic heterocycles. The molecule has 5 nitrogen and oxygen atoms in total. The molecule has 5 heteroatoms. The van der Waals surface area contributed by atoms with Gasteiger partial charge in [0.1, 0.15) is 0 Å². The zero-order valence-corrected chi connectivity index (χ0v) is 19.0. The Kier molecular flexibility index (Phi) is 6.09. The Hall–Kier alpha value is -3.99. The van der Waals surface area contributed by atoms with Crippen molar-refractivity contribution in [2.75, 3.05) is 13.1 Å². The molecule has 0 spiro atoms. The summed E-state index contributed by atoms with van der Waals surface area (Å²) in [6.07, 6.45) is 8.67. The third kappa shape index (κ3) is 4.42. The van der Waals surface area contributed by atoms with Gasteiger partial charge in [-0.2, -0.15) is 0 Å². The van der Waals surface area contributed by atoms with E-state index in [2.05, 4.69) is 6.07 Å². The lowest BCUT2D eigenvalue weighted by Gasteiger charge is -2.29. The van der Waals surface area contributed by atoms with Crippen LogP contribution >= 0.6 is 0 Å². The molecule has 2 N–H and O–H groups in total. The van der Waals surface area contributed by atoms with Crippen molar-refractivity contribution in [2.24, 2.45) is 5.73 Å². The summed E-state index contributed by atoms with van der Waals surface area (Å²) in [6, 6.07) is 19.7. The van der Waals surface area contributed by atoms with E-state index in [9.17, 15) is 9.59 Å². The number of nitrogens with zero attached hydrogens (tertiary/aromatic N) is 2. The predicted octanol–water partition coefficient (Wildman–Crippen LogP) is 4.42. The molecule has 0 saturated carbocycles. The molecular formula is C29H27N3O2. The lowest BCUT2D eigenvalue weighted by atomic mass is 9.88. The summed E-state index contributed by atoms with van der Waals surface area (Å²) >= 11 is 0. The number of fused-ring (bicyclic) bond motifs is 2. The maximum absolute atomic E-state index is 12.8. The average molecular weight is 450 g/mol. The van der Waals surface area contributed by atoms with Crippen LogP contribution in [0.25, 0.3) is 11.6 Å². The lowest BCUT2D eigenvalue weighted by molar-refractivity contribution is -0.126. The van der Waals surface area contributed by atoms with E-state index < -0.39 is 5.91 Å². The fourth-order valence-corrected chi connectivity index (χ4v) is 4.90. The quantitative estimate of drug-likeness (QED) is 0.602. The number of pyridine rings is 1. The van der Waals surface area contributed by atoms with Crippen LogP contribution in [0.4, 0.5) is 0 Å². The van der Waals surface area contributed by atoms with Crippen LogP contribution in [-0.4, -0.2) is 34.8 Å². The van der Waals surface area contributed by atoms with Crippen molar-refractivity contribution in [1.82, 2.24) is 9.88 Å². The highest BCUT2D eigenvalue weighted by Crippen LogP contribution is 2.38. The fraction of sp³-hybridized carbons (Fsp3) is 0.207. The van der Waals surface area contributed by atoms with Gasteiger partial charge in [-0.25, -0.2) is 0 Å². The van der Waals surface area contributed by atoms with Gasteiger partial charge >= 0.3 is 0 Å². The maximum Gasteiger partial charge on any atom is 0.248 e. The number of primary amides is 1. The molecule has 1 aliphatic heterocycles. The van der Waals surface area contributed by atoms with Gasteiger partial charge in [0.15, 0.2) is 0 Å².